The summed E-state index contributed by atoms with van der Waals surface area (Å²) in [5.74, 6) is -0.272. The van der Waals surface area contributed by atoms with Crippen LogP contribution in [-0.4, -0.2) is 32.2 Å². The summed E-state index contributed by atoms with van der Waals surface area (Å²) in [5, 5.41) is 0. The van der Waals surface area contributed by atoms with Gasteiger partial charge in [0, 0.05) is 5.92 Å². The molecule has 2 bridgehead atoms. The summed E-state index contributed by atoms with van der Waals surface area (Å²) in [6, 6.07) is 0. The molecule has 2 rings (SSSR count). The molecule has 4 nitrogen and oxygen atoms in total. The quantitative estimate of drug-likeness (QED) is 0.582. The van der Waals surface area contributed by atoms with E-state index in [2.05, 4.69) is 4.18 Å². The predicted octanol–water partition coefficient (Wildman–Crippen LogP) is 1.81. The number of ether oxygens (including phenoxy) is 1. The summed E-state index contributed by atoms with van der Waals surface area (Å²) < 4.78 is 67.7. The highest BCUT2D eigenvalue weighted by atomic mass is 32.2. The number of hydrogen-bond acceptors (Lipinski definition) is 4. The van der Waals surface area contributed by atoms with Gasteiger partial charge in [-0.25, -0.2) is 0 Å². The van der Waals surface area contributed by atoms with Crippen LogP contribution in [0.15, 0.2) is 0 Å². The van der Waals surface area contributed by atoms with Crippen LogP contribution in [0, 0.1) is 5.92 Å². The molecule has 0 saturated carbocycles. The Kier molecular flexibility index (Phi) is 3.16. The molecule has 0 amide bonds. The number of hydrogen-bond donors (Lipinski definition) is 0. The highest BCUT2D eigenvalue weighted by Crippen LogP contribution is 2.42. The summed E-state index contributed by atoms with van der Waals surface area (Å²) in [6.07, 6.45) is 1.09. The summed E-state index contributed by atoms with van der Waals surface area (Å²) in [4.78, 5) is 0. The lowest BCUT2D eigenvalue weighted by Crippen LogP contribution is -2.35. The Morgan fingerprint density at radius 2 is 2.00 bits per heavy atom. The molecule has 0 aromatic rings. The van der Waals surface area contributed by atoms with Crippen molar-refractivity contribution in [2.45, 2.75) is 50.0 Å². The first kappa shape index (κ1) is 13.1. The van der Waals surface area contributed by atoms with Crippen LogP contribution in [0.4, 0.5) is 13.2 Å². The highest BCUT2D eigenvalue weighted by Gasteiger charge is 2.51. The van der Waals surface area contributed by atoms with E-state index in [0.29, 0.717) is 6.42 Å². The van der Waals surface area contributed by atoms with Crippen molar-refractivity contribution in [2.75, 3.05) is 0 Å². The van der Waals surface area contributed by atoms with Crippen molar-refractivity contribution in [3.8, 4) is 0 Å². The molecule has 2 heterocycles. The lowest BCUT2D eigenvalue weighted by Gasteiger charge is -2.25. The lowest BCUT2D eigenvalue weighted by atomic mass is 9.86. The minimum Gasteiger partial charge on any atom is -0.375 e. The van der Waals surface area contributed by atoms with Crippen LogP contribution in [0.3, 0.4) is 0 Å². The Morgan fingerprint density at radius 3 is 2.41 bits per heavy atom. The molecule has 8 heteroatoms. The molecule has 4 atom stereocenters. The first-order chi connectivity index (χ1) is 7.71. The average molecular weight is 274 g/mol. The monoisotopic (exact) mass is 274 g/mol. The zero-order valence-corrected chi connectivity index (χ0v) is 9.92. The fourth-order valence-electron chi connectivity index (χ4n) is 2.50. The Bertz CT molecular complexity index is 392. The van der Waals surface area contributed by atoms with Crippen LogP contribution in [0.25, 0.3) is 0 Å². The normalized spacial score (nSPS) is 35.2. The first-order valence-electron chi connectivity index (χ1n) is 5.36. The summed E-state index contributed by atoms with van der Waals surface area (Å²) in [7, 11) is -5.51. The second-order valence-corrected chi connectivity index (χ2v) is 6.04. The molecule has 0 aliphatic carbocycles. The third-order valence-corrected chi connectivity index (χ3v) is 4.44. The zero-order chi connectivity index (χ0) is 12.8. The third kappa shape index (κ3) is 2.43. The standard InChI is InChI=1S/C9H13F3O4S/c1-5(16-17(13,14)9(10,11)12)7-4-6-2-3-8(7)15-6/h5-8H,2-4H2,1H3. The van der Waals surface area contributed by atoms with Crippen LogP contribution < -0.4 is 0 Å². The van der Waals surface area contributed by atoms with Gasteiger partial charge in [-0.1, -0.05) is 0 Å². The largest absolute Gasteiger partial charge is 0.523 e. The molecular weight excluding hydrogens is 261 g/mol. The van der Waals surface area contributed by atoms with E-state index >= 15 is 0 Å². The highest BCUT2D eigenvalue weighted by molar-refractivity contribution is 7.87. The number of rotatable bonds is 3. The second kappa shape index (κ2) is 4.10. The van der Waals surface area contributed by atoms with Gasteiger partial charge in [0.2, 0.25) is 0 Å². The van der Waals surface area contributed by atoms with E-state index in [0.717, 1.165) is 12.8 Å². The summed E-state index contributed by atoms with van der Waals surface area (Å²) in [6.45, 7) is 1.35. The average Bonchev–Trinajstić information content (AvgIpc) is 2.75. The van der Waals surface area contributed by atoms with Crippen molar-refractivity contribution < 1.29 is 30.5 Å². The van der Waals surface area contributed by atoms with Gasteiger partial charge >= 0.3 is 15.6 Å². The first-order valence-corrected chi connectivity index (χ1v) is 6.76. The lowest BCUT2D eigenvalue weighted by molar-refractivity contribution is -0.0599. The van der Waals surface area contributed by atoms with Gasteiger partial charge in [0.25, 0.3) is 0 Å². The van der Waals surface area contributed by atoms with Crippen molar-refractivity contribution >= 4 is 10.1 Å². The van der Waals surface area contributed by atoms with E-state index in [1.165, 1.54) is 6.92 Å². The summed E-state index contributed by atoms with van der Waals surface area (Å²) in [5.41, 5.74) is -5.36. The van der Waals surface area contributed by atoms with Crippen molar-refractivity contribution in [2.24, 2.45) is 5.92 Å². The molecule has 17 heavy (non-hydrogen) atoms. The van der Waals surface area contributed by atoms with Crippen molar-refractivity contribution in [3.63, 3.8) is 0 Å². The maximum Gasteiger partial charge on any atom is 0.523 e. The molecule has 0 N–H and O–H groups in total. The van der Waals surface area contributed by atoms with Crippen LogP contribution in [0.1, 0.15) is 26.2 Å². The van der Waals surface area contributed by atoms with Gasteiger partial charge in [0.05, 0.1) is 18.3 Å². The van der Waals surface area contributed by atoms with Gasteiger partial charge in [-0.2, -0.15) is 21.6 Å². The zero-order valence-electron chi connectivity index (χ0n) is 9.11. The molecular formula is C9H13F3O4S. The van der Waals surface area contributed by atoms with Gasteiger partial charge in [-0.3, -0.25) is 4.18 Å². The number of halogens is 3. The van der Waals surface area contributed by atoms with E-state index in [9.17, 15) is 21.6 Å². The molecule has 100 valence electrons. The van der Waals surface area contributed by atoms with Crippen molar-refractivity contribution in [3.05, 3.63) is 0 Å². The smallest absolute Gasteiger partial charge is 0.375 e. The molecule has 2 aliphatic heterocycles. The van der Waals surface area contributed by atoms with Crippen molar-refractivity contribution in [1.82, 2.24) is 0 Å². The van der Waals surface area contributed by atoms with Crippen LogP contribution in [0.2, 0.25) is 0 Å². The minimum atomic E-state index is -5.51. The summed E-state index contributed by atoms with van der Waals surface area (Å²) >= 11 is 0. The van der Waals surface area contributed by atoms with E-state index in [1.807, 2.05) is 0 Å². The molecule has 2 fully saturated rings. The molecule has 0 radical (unpaired) electrons. The topological polar surface area (TPSA) is 52.6 Å². The second-order valence-electron chi connectivity index (χ2n) is 4.47. The van der Waals surface area contributed by atoms with E-state index in [1.54, 1.807) is 0 Å². The third-order valence-electron chi connectivity index (χ3n) is 3.32. The van der Waals surface area contributed by atoms with Crippen LogP contribution >= 0.6 is 0 Å². The fourth-order valence-corrected chi connectivity index (χ4v) is 3.15. The van der Waals surface area contributed by atoms with Gasteiger partial charge < -0.3 is 4.74 Å². The molecule has 4 unspecified atom stereocenters. The van der Waals surface area contributed by atoms with Gasteiger partial charge in [0.1, 0.15) is 0 Å². The predicted molar refractivity (Wildman–Crippen MR) is 51.5 cm³/mol. The van der Waals surface area contributed by atoms with Crippen molar-refractivity contribution in [1.29, 1.82) is 0 Å². The molecule has 2 aliphatic rings. The Morgan fingerprint density at radius 1 is 1.35 bits per heavy atom. The fraction of sp³-hybridized carbons (Fsp3) is 1.00. The van der Waals surface area contributed by atoms with Crippen LogP contribution in [0.5, 0.6) is 0 Å². The van der Waals surface area contributed by atoms with Gasteiger partial charge in [-0.15, -0.1) is 0 Å². The molecule has 0 aromatic carbocycles. The molecule has 2 saturated heterocycles. The Hall–Kier alpha value is -0.340. The minimum absolute atomic E-state index is 0.0460. The Balaban J connectivity index is 2.01. The van der Waals surface area contributed by atoms with E-state index in [-0.39, 0.29) is 18.1 Å². The number of alkyl halides is 3. The van der Waals surface area contributed by atoms with Gasteiger partial charge in [0.15, 0.2) is 0 Å². The number of fused-ring (bicyclic) bond motifs is 2. The molecule has 0 spiro atoms. The maximum atomic E-state index is 12.1. The Labute approximate surface area is 97.2 Å². The molecule has 0 aromatic heterocycles. The maximum absolute atomic E-state index is 12.1. The van der Waals surface area contributed by atoms with Gasteiger partial charge in [-0.05, 0) is 26.2 Å². The van der Waals surface area contributed by atoms with E-state index in [4.69, 9.17) is 4.74 Å². The van der Waals surface area contributed by atoms with E-state index < -0.39 is 21.7 Å². The SMILES string of the molecule is CC(OS(=O)(=O)C(F)(F)F)C1CC2CCC1O2. The van der Waals surface area contributed by atoms with Crippen LogP contribution in [-0.2, 0) is 19.0 Å².